The van der Waals surface area contributed by atoms with Gasteiger partial charge in [-0.05, 0) is 44.9 Å². The molecule has 2 rings (SSSR count). The fourth-order valence-electron chi connectivity index (χ4n) is 3.12. The smallest absolute Gasteiger partial charge is 0.406 e. The number of carbonyl (C=O) groups is 1. The molecule has 154 valence electrons. The second kappa shape index (κ2) is 9.43. The largest absolute Gasteiger partial charge is 0.596 e. The van der Waals surface area contributed by atoms with Crippen LogP contribution in [0.2, 0.25) is 0 Å². The van der Waals surface area contributed by atoms with Crippen LogP contribution in [-0.2, 0) is 9.47 Å². The molecule has 1 amide bonds. The van der Waals surface area contributed by atoms with Crippen molar-refractivity contribution < 1.29 is 23.2 Å². The molecule has 5 nitrogen and oxygen atoms in total. The Morgan fingerprint density at radius 3 is 2.68 bits per heavy atom. The highest BCUT2D eigenvalue weighted by Crippen LogP contribution is 2.22. The van der Waals surface area contributed by atoms with Crippen molar-refractivity contribution in [3.8, 4) is 0 Å². The molecular weight excluding hydrogens is 359 g/mol. The number of nitrogens with zero attached hydrogens (tertiary/aromatic N) is 2. The molecule has 0 saturated carbocycles. The number of hydrogen-bond donors (Lipinski definition) is 0. The van der Waals surface area contributed by atoms with Crippen LogP contribution in [0.3, 0.4) is 0 Å². The lowest BCUT2D eigenvalue weighted by molar-refractivity contribution is -0.458. The van der Waals surface area contributed by atoms with Crippen molar-refractivity contribution in [2.75, 3.05) is 32.8 Å². The van der Waals surface area contributed by atoms with Crippen molar-refractivity contribution in [2.45, 2.75) is 46.3 Å². The standard InChI is InChI=1S/C22H32FN2O3/c1-7-12-27-20(18-9-8-16(2)19(23)13-18)15-24-10-11-25(17(3)14-24)21(26)28-22(4,5)6/h7-9,13,20H,1,10-12,14-15H2,2-6H3/q+1. The Labute approximate surface area is 167 Å². The zero-order valence-electron chi connectivity index (χ0n) is 17.6. The summed E-state index contributed by atoms with van der Waals surface area (Å²) in [6.07, 6.45) is 1.11. The quantitative estimate of drug-likeness (QED) is 0.541. The van der Waals surface area contributed by atoms with Gasteiger partial charge in [-0.2, -0.15) is 4.79 Å². The van der Waals surface area contributed by atoms with E-state index in [2.05, 4.69) is 11.5 Å². The molecule has 6 heteroatoms. The minimum absolute atomic E-state index is 0.234. The molecule has 0 aliphatic carbocycles. The van der Waals surface area contributed by atoms with Gasteiger partial charge in [0.2, 0.25) is 0 Å². The van der Waals surface area contributed by atoms with Gasteiger partial charge >= 0.3 is 6.09 Å². The van der Waals surface area contributed by atoms with E-state index < -0.39 is 5.60 Å². The highest BCUT2D eigenvalue weighted by Gasteiger charge is 2.33. The predicted molar refractivity (Wildman–Crippen MR) is 109 cm³/mol. The van der Waals surface area contributed by atoms with E-state index in [0.29, 0.717) is 38.3 Å². The van der Waals surface area contributed by atoms with Crippen LogP contribution in [0.4, 0.5) is 9.18 Å². The van der Waals surface area contributed by atoms with Gasteiger partial charge < -0.3 is 9.47 Å². The van der Waals surface area contributed by atoms with Gasteiger partial charge in [0.25, 0.3) is 0 Å². The number of benzene rings is 1. The van der Waals surface area contributed by atoms with Gasteiger partial charge in [0, 0.05) is 13.5 Å². The Morgan fingerprint density at radius 1 is 1.39 bits per heavy atom. The average Bonchev–Trinajstić information content (AvgIpc) is 2.59. The summed E-state index contributed by atoms with van der Waals surface area (Å²) in [5, 5.41) is 0. The van der Waals surface area contributed by atoms with Gasteiger partial charge in [0.1, 0.15) is 11.4 Å². The third kappa shape index (κ3) is 6.24. The second-order valence-corrected chi connectivity index (χ2v) is 8.22. The number of halogens is 1. The van der Waals surface area contributed by atoms with Gasteiger partial charge in [0.15, 0.2) is 12.3 Å². The topological polar surface area (TPSA) is 41.8 Å². The zero-order chi connectivity index (χ0) is 20.9. The molecule has 0 saturated heterocycles. The van der Waals surface area contributed by atoms with Gasteiger partial charge in [-0.1, -0.05) is 18.2 Å². The lowest BCUT2D eigenvalue weighted by atomic mass is 10.1. The van der Waals surface area contributed by atoms with E-state index in [0.717, 1.165) is 11.3 Å². The Kier molecular flexibility index (Phi) is 7.49. The van der Waals surface area contributed by atoms with E-state index in [1.54, 1.807) is 23.6 Å². The predicted octanol–water partition coefficient (Wildman–Crippen LogP) is 4.10. The molecule has 1 heterocycles. The van der Waals surface area contributed by atoms with Crippen molar-refractivity contribution in [3.63, 3.8) is 0 Å². The first kappa shape index (κ1) is 22.2. The van der Waals surface area contributed by atoms with Crippen molar-refractivity contribution in [1.29, 1.82) is 0 Å². The molecule has 1 atom stereocenters. The van der Waals surface area contributed by atoms with Gasteiger partial charge in [-0.25, -0.2) is 4.39 Å². The van der Waals surface area contributed by atoms with E-state index in [4.69, 9.17) is 9.47 Å². The van der Waals surface area contributed by atoms with Crippen LogP contribution in [-0.4, -0.2) is 59.7 Å². The van der Waals surface area contributed by atoms with E-state index in [1.807, 2.05) is 33.8 Å². The van der Waals surface area contributed by atoms with Gasteiger partial charge in [-0.15, -0.1) is 11.2 Å². The maximum absolute atomic E-state index is 14.0. The van der Waals surface area contributed by atoms with Gasteiger partial charge in [-0.3, -0.25) is 4.90 Å². The second-order valence-electron chi connectivity index (χ2n) is 8.22. The van der Waals surface area contributed by atoms with Crippen LogP contribution in [0.15, 0.2) is 30.9 Å². The highest BCUT2D eigenvalue weighted by molar-refractivity contribution is 5.83. The maximum Gasteiger partial charge on any atom is 0.596 e. The third-order valence-corrected chi connectivity index (χ3v) is 4.57. The maximum atomic E-state index is 14.0. The summed E-state index contributed by atoms with van der Waals surface area (Å²) in [6.45, 7) is 15.8. The summed E-state index contributed by atoms with van der Waals surface area (Å²) in [6, 6.07) is 5.21. The summed E-state index contributed by atoms with van der Waals surface area (Å²) in [4.78, 5) is 14.6. The van der Waals surface area contributed by atoms with E-state index in [1.165, 1.54) is 6.07 Å². The first-order chi connectivity index (χ1) is 13.1. The molecule has 0 aromatic heterocycles. The third-order valence-electron chi connectivity index (χ3n) is 4.57. The summed E-state index contributed by atoms with van der Waals surface area (Å²) >= 11 is 0. The molecule has 1 aliphatic rings. The first-order valence-electron chi connectivity index (χ1n) is 9.64. The van der Waals surface area contributed by atoms with Crippen LogP contribution >= 0.6 is 0 Å². The molecule has 0 bridgehead atoms. The number of ether oxygens (including phenoxy) is 2. The van der Waals surface area contributed by atoms with Crippen LogP contribution in [0, 0.1) is 12.7 Å². The SMILES string of the molecule is C=CCOC(CN1CC[N+](C(=O)OC(C)(C)C)=C(C)C1)c1ccc(C)c(F)c1. The molecule has 28 heavy (non-hydrogen) atoms. The monoisotopic (exact) mass is 391 g/mol. The van der Waals surface area contributed by atoms with E-state index in [-0.39, 0.29) is 18.0 Å². The van der Waals surface area contributed by atoms with E-state index in [9.17, 15) is 9.18 Å². The fourth-order valence-corrected chi connectivity index (χ4v) is 3.12. The fraction of sp³-hybridized carbons (Fsp3) is 0.545. The number of carbonyl (C=O) groups excluding carboxylic acids is 1. The van der Waals surface area contributed by atoms with Crippen LogP contribution in [0.1, 0.15) is 44.9 Å². The minimum atomic E-state index is -0.520. The molecule has 0 fully saturated rings. The molecule has 1 aromatic carbocycles. The lowest BCUT2D eigenvalue weighted by Gasteiger charge is -2.29. The summed E-state index contributed by atoms with van der Waals surface area (Å²) in [5.74, 6) is -0.234. The van der Waals surface area contributed by atoms with Crippen LogP contribution < -0.4 is 0 Å². The Morgan fingerprint density at radius 2 is 2.11 bits per heavy atom. The zero-order valence-corrected chi connectivity index (χ0v) is 17.6. The highest BCUT2D eigenvalue weighted by atomic mass is 19.1. The molecule has 0 N–H and O–H groups in total. The Balaban J connectivity index is 2.10. The van der Waals surface area contributed by atoms with Crippen LogP contribution in [0.5, 0.6) is 0 Å². The summed E-state index contributed by atoms with van der Waals surface area (Å²) < 4.78 is 27.1. The number of aryl methyl sites for hydroxylation is 1. The van der Waals surface area contributed by atoms with Crippen molar-refractivity contribution in [2.24, 2.45) is 0 Å². The number of hydrogen-bond acceptors (Lipinski definition) is 4. The summed E-state index contributed by atoms with van der Waals surface area (Å²) in [7, 11) is 0. The Hall–Kier alpha value is -2.05. The van der Waals surface area contributed by atoms with Crippen molar-refractivity contribution >= 4 is 11.8 Å². The first-order valence-corrected chi connectivity index (χ1v) is 9.64. The summed E-state index contributed by atoms with van der Waals surface area (Å²) in [5.41, 5.74) is 1.82. The van der Waals surface area contributed by atoms with Crippen molar-refractivity contribution in [3.05, 3.63) is 47.8 Å². The van der Waals surface area contributed by atoms with Crippen LogP contribution in [0.25, 0.3) is 0 Å². The van der Waals surface area contributed by atoms with Crippen molar-refractivity contribution in [1.82, 2.24) is 4.90 Å². The Bertz CT molecular complexity index is 753. The number of amides is 1. The van der Waals surface area contributed by atoms with Gasteiger partial charge in [0.05, 0.1) is 25.8 Å². The molecule has 1 aliphatic heterocycles. The normalized spacial score (nSPS) is 16.8. The van der Waals surface area contributed by atoms with E-state index >= 15 is 0 Å². The molecular formula is C22H32FN2O3+. The molecule has 1 unspecified atom stereocenters. The number of rotatable bonds is 6. The minimum Gasteiger partial charge on any atom is -0.406 e. The molecule has 0 radical (unpaired) electrons. The average molecular weight is 392 g/mol. The molecule has 0 spiro atoms. The lowest BCUT2D eigenvalue weighted by Crippen LogP contribution is -2.48. The molecule has 1 aromatic rings.